The zero-order valence-electron chi connectivity index (χ0n) is 8.67. The van der Waals surface area contributed by atoms with Gasteiger partial charge in [0.2, 0.25) is 0 Å². The number of nitrogens with two attached hydrogens (primary N) is 1. The predicted molar refractivity (Wildman–Crippen MR) is 57.1 cm³/mol. The average Bonchev–Trinajstić information content (AvgIpc) is 2.29. The van der Waals surface area contributed by atoms with E-state index >= 15 is 0 Å². The minimum absolute atomic E-state index is 0.0652. The fraction of sp³-hybridized carbons (Fsp3) is 0.500. The Morgan fingerprint density at radius 1 is 1.33 bits per heavy atom. The number of fused-ring (bicyclic) bond motifs is 1. The number of aliphatic hydroxyl groups excluding tert-OH is 1. The van der Waals surface area contributed by atoms with Crippen molar-refractivity contribution in [1.29, 1.82) is 0 Å². The molecule has 0 saturated carbocycles. The number of hydrogen-bond acceptors (Lipinski definition) is 2. The second kappa shape index (κ2) is 4.29. The molecule has 15 heavy (non-hydrogen) atoms. The van der Waals surface area contributed by atoms with Crippen LogP contribution in [0, 0.1) is 5.82 Å². The van der Waals surface area contributed by atoms with E-state index in [1.54, 1.807) is 6.07 Å². The lowest BCUT2D eigenvalue weighted by Gasteiger charge is -2.19. The number of aliphatic hydroxyl groups is 1. The summed E-state index contributed by atoms with van der Waals surface area (Å²) < 4.78 is 14.0. The number of aryl methyl sites for hydroxylation is 1. The molecule has 0 saturated heterocycles. The van der Waals surface area contributed by atoms with Crippen LogP contribution in [0.1, 0.15) is 35.6 Å². The Bertz CT molecular complexity index is 365. The maximum atomic E-state index is 14.0. The lowest BCUT2D eigenvalue weighted by atomic mass is 9.89. The van der Waals surface area contributed by atoms with E-state index < -0.39 is 6.10 Å². The Hall–Kier alpha value is -0.930. The summed E-state index contributed by atoms with van der Waals surface area (Å²) in [4.78, 5) is 0. The zero-order valence-corrected chi connectivity index (χ0v) is 8.67. The molecule has 0 amide bonds. The molecule has 1 aromatic carbocycles. The molecule has 82 valence electrons. The molecule has 1 aliphatic rings. The first-order valence-electron chi connectivity index (χ1n) is 5.42. The van der Waals surface area contributed by atoms with Crippen LogP contribution < -0.4 is 5.73 Å². The van der Waals surface area contributed by atoms with Gasteiger partial charge in [-0.25, -0.2) is 4.39 Å². The first-order chi connectivity index (χ1) is 7.24. The molecule has 0 aliphatic heterocycles. The Morgan fingerprint density at radius 2 is 2.07 bits per heavy atom. The second-order valence-electron chi connectivity index (χ2n) is 4.07. The molecule has 1 unspecified atom stereocenters. The maximum absolute atomic E-state index is 14.0. The van der Waals surface area contributed by atoms with Crippen LogP contribution >= 0.6 is 0 Å². The molecular formula is C12H16FNO. The van der Waals surface area contributed by atoms with E-state index in [1.807, 2.05) is 6.07 Å². The Labute approximate surface area is 88.9 Å². The molecule has 0 spiro atoms. The van der Waals surface area contributed by atoms with Gasteiger partial charge in [0, 0.05) is 12.1 Å². The Morgan fingerprint density at radius 3 is 2.80 bits per heavy atom. The van der Waals surface area contributed by atoms with Crippen molar-refractivity contribution >= 4 is 0 Å². The lowest BCUT2D eigenvalue weighted by molar-refractivity contribution is 0.181. The van der Waals surface area contributed by atoms with E-state index in [2.05, 4.69) is 0 Å². The monoisotopic (exact) mass is 209 g/mol. The van der Waals surface area contributed by atoms with Gasteiger partial charge in [-0.1, -0.05) is 12.1 Å². The lowest BCUT2D eigenvalue weighted by Crippen LogP contribution is -2.15. The van der Waals surface area contributed by atoms with Crippen LogP contribution in [0.25, 0.3) is 0 Å². The fourth-order valence-electron chi connectivity index (χ4n) is 2.19. The van der Waals surface area contributed by atoms with E-state index in [0.717, 1.165) is 36.8 Å². The van der Waals surface area contributed by atoms with E-state index in [4.69, 9.17) is 5.73 Å². The van der Waals surface area contributed by atoms with Gasteiger partial charge in [-0.2, -0.15) is 0 Å². The van der Waals surface area contributed by atoms with Gasteiger partial charge in [0.1, 0.15) is 5.82 Å². The molecule has 1 atom stereocenters. The van der Waals surface area contributed by atoms with Crippen LogP contribution in [-0.2, 0) is 12.8 Å². The molecule has 1 aromatic rings. The van der Waals surface area contributed by atoms with Crippen molar-refractivity contribution < 1.29 is 9.50 Å². The van der Waals surface area contributed by atoms with Crippen LogP contribution in [0.15, 0.2) is 12.1 Å². The van der Waals surface area contributed by atoms with E-state index in [-0.39, 0.29) is 12.4 Å². The van der Waals surface area contributed by atoms with Gasteiger partial charge in [-0.15, -0.1) is 0 Å². The molecule has 2 nitrogen and oxygen atoms in total. The Kier molecular flexibility index (Phi) is 3.03. The molecule has 3 heteroatoms. The van der Waals surface area contributed by atoms with Crippen LogP contribution in [-0.4, -0.2) is 11.7 Å². The molecule has 3 N–H and O–H groups in total. The number of benzene rings is 1. The average molecular weight is 209 g/mol. The predicted octanol–water partition coefficient (Wildman–Crippen LogP) is 1.70. The normalized spacial score (nSPS) is 17.3. The number of rotatable bonds is 2. The van der Waals surface area contributed by atoms with Gasteiger partial charge in [0.15, 0.2) is 0 Å². The SMILES string of the molecule is NCC(O)c1ccc2c(c1F)CCCC2. The summed E-state index contributed by atoms with van der Waals surface area (Å²) >= 11 is 0. The van der Waals surface area contributed by atoms with Crippen molar-refractivity contribution in [3.8, 4) is 0 Å². The van der Waals surface area contributed by atoms with Crippen LogP contribution in [0.4, 0.5) is 4.39 Å². The van der Waals surface area contributed by atoms with Crippen molar-refractivity contribution in [2.45, 2.75) is 31.8 Å². The second-order valence-corrected chi connectivity index (χ2v) is 4.07. The summed E-state index contributed by atoms with van der Waals surface area (Å²) in [6.07, 6.45) is 3.02. The smallest absolute Gasteiger partial charge is 0.132 e. The van der Waals surface area contributed by atoms with Crippen LogP contribution in [0.2, 0.25) is 0 Å². The topological polar surface area (TPSA) is 46.2 Å². The van der Waals surface area contributed by atoms with Gasteiger partial charge in [0.25, 0.3) is 0 Å². The van der Waals surface area contributed by atoms with Crippen LogP contribution in [0.3, 0.4) is 0 Å². The van der Waals surface area contributed by atoms with Gasteiger partial charge in [-0.05, 0) is 36.8 Å². The molecule has 1 aliphatic carbocycles. The van der Waals surface area contributed by atoms with E-state index in [9.17, 15) is 9.50 Å². The van der Waals surface area contributed by atoms with E-state index in [0.29, 0.717) is 5.56 Å². The largest absolute Gasteiger partial charge is 0.387 e. The third-order valence-corrected chi connectivity index (χ3v) is 3.08. The van der Waals surface area contributed by atoms with Gasteiger partial charge < -0.3 is 10.8 Å². The van der Waals surface area contributed by atoms with Gasteiger partial charge in [-0.3, -0.25) is 0 Å². The Balaban J connectivity index is 2.43. The summed E-state index contributed by atoms with van der Waals surface area (Å²) in [6, 6.07) is 3.59. The molecule has 0 fully saturated rings. The quantitative estimate of drug-likeness (QED) is 0.778. The molecule has 0 bridgehead atoms. The summed E-state index contributed by atoms with van der Waals surface area (Å²) in [5, 5.41) is 9.55. The fourth-order valence-corrected chi connectivity index (χ4v) is 2.19. The zero-order chi connectivity index (χ0) is 10.8. The first-order valence-corrected chi connectivity index (χ1v) is 5.42. The van der Waals surface area contributed by atoms with Crippen molar-refractivity contribution in [3.63, 3.8) is 0 Å². The number of hydrogen-bond donors (Lipinski definition) is 2. The molecule has 0 heterocycles. The summed E-state index contributed by atoms with van der Waals surface area (Å²) in [5.74, 6) is -0.245. The maximum Gasteiger partial charge on any atom is 0.132 e. The van der Waals surface area contributed by atoms with Gasteiger partial charge in [0.05, 0.1) is 6.10 Å². The van der Waals surface area contributed by atoms with Crippen molar-refractivity contribution in [2.24, 2.45) is 5.73 Å². The highest BCUT2D eigenvalue weighted by atomic mass is 19.1. The first kappa shape index (κ1) is 10.6. The van der Waals surface area contributed by atoms with Crippen LogP contribution in [0.5, 0.6) is 0 Å². The highest BCUT2D eigenvalue weighted by Gasteiger charge is 2.19. The summed E-state index contributed by atoms with van der Waals surface area (Å²) in [7, 11) is 0. The minimum Gasteiger partial charge on any atom is -0.387 e. The van der Waals surface area contributed by atoms with Gasteiger partial charge >= 0.3 is 0 Å². The van der Waals surface area contributed by atoms with E-state index in [1.165, 1.54) is 0 Å². The molecular weight excluding hydrogens is 193 g/mol. The summed E-state index contributed by atoms with van der Waals surface area (Å²) in [6.45, 7) is 0.0652. The van der Waals surface area contributed by atoms with Crippen molar-refractivity contribution in [1.82, 2.24) is 0 Å². The molecule has 0 aromatic heterocycles. The van der Waals surface area contributed by atoms with Crippen molar-refractivity contribution in [2.75, 3.05) is 6.54 Å². The minimum atomic E-state index is -0.878. The number of halogens is 1. The van der Waals surface area contributed by atoms with Crippen molar-refractivity contribution in [3.05, 3.63) is 34.6 Å². The molecule has 2 rings (SSSR count). The highest BCUT2D eigenvalue weighted by molar-refractivity contribution is 5.36. The third kappa shape index (κ3) is 1.90. The molecule has 0 radical (unpaired) electrons. The third-order valence-electron chi connectivity index (χ3n) is 3.08. The highest BCUT2D eigenvalue weighted by Crippen LogP contribution is 2.28. The standard InChI is InChI=1S/C12H16FNO/c13-12-9-4-2-1-3-8(9)5-6-10(12)11(15)7-14/h5-6,11,15H,1-4,7,14H2. The summed E-state index contributed by atoms with van der Waals surface area (Å²) in [5.41, 5.74) is 7.55.